The van der Waals surface area contributed by atoms with Gasteiger partial charge in [-0.2, -0.15) is 0 Å². The van der Waals surface area contributed by atoms with Crippen molar-refractivity contribution in [3.8, 4) is 0 Å². The Morgan fingerprint density at radius 2 is 1.72 bits per heavy atom. The Bertz CT molecular complexity index is 197. The number of hydrogen-bond acceptors (Lipinski definition) is 3. The largest absolute Gasteiger partial charge is 0.480 e. The highest BCUT2D eigenvalue weighted by molar-refractivity contribution is 5.73. The monoisotopic (exact) mass is 259 g/mol. The van der Waals surface area contributed by atoms with Gasteiger partial charge in [-0.05, 0) is 25.8 Å². The minimum absolute atomic E-state index is 0.177. The lowest BCUT2D eigenvalue weighted by Crippen LogP contribution is -2.37. The maximum Gasteiger partial charge on any atom is 0.320 e. The van der Waals surface area contributed by atoms with E-state index in [1.165, 1.54) is 25.7 Å². The van der Waals surface area contributed by atoms with Crippen LogP contribution in [-0.2, 0) is 4.79 Å². The number of carboxylic acids is 1. The molecule has 0 heterocycles. The molecule has 4 nitrogen and oxygen atoms in total. The lowest BCUT2D eigenvalue weighted by Gasteiger charge is -2.14. The molecule has 4 heteroatoms. The van der Waals surface area contributed by atoms with E-state index in [0.717, 1.165) is 25.7 Å². The third-order valence-electron chi connectivity index (χ3n) is 3.12. The summed E-state index contributed by atoms with van der Waals surface area (Å²) < 4.78 is 0. The van der Waals surface area contributed by atoms with Gasteiger partial charge in [0.2, 0.25) is 0 Å². The summed E-state index contributed by atoms with van der Waals surface area (Å²) in [5.41, 5.74) is 0. The van der Waals surface area contributed by atoms with E-state index in [2.05, 4.69) is 12.2 Å². The maximum atomic E-state index is 11.0. The molecular weight excluding hydrogens is 230 g/mol. The Morgan fingerprint density at radius 1 is 1.06 bits per heavy atom. The number of aliphatic hydroxyl groups excluding tert-OH is 1. The van der Waals surface area contributed by atoms with Gasteiger partial charge in [0.25, 0.3) is 0 Å². The van der Waals surface area contributed by atoms with Crippen molar-refractivity contribution in [2.75, 3.05) is 13.2 Å². The van der Waals surface area contributed by atoms with Crippen molar-refractivity contribution in [1.29, 1.82) is 0 Å². The molecule has 18 heavy (non-hydrogen) atoms. The van der Waals surface area contributed by atoms with Gasteiger partial charge in [-0.15, -0.1) is 0 Å². The summed E-state index contributed by atoms with van der Waals surface area (Å²) in [6, 6.07) is -0.421. The van der Waals surface area contributed by atoms with Gasteiger partial charge >= 0.3 is 5.97 Å². The molecule has 108 valence electrons. The third kappa shape index (κ3) is 10.5. The first-order valence-electron chi connectivity index (χ1n) is 7.29. The van der Waals surface area contributed by atoms with Crippen LogP contribution in [0, 0.1) is 0 Å². The molecular formula is C14H29NO3. The van der Waals surface area contributed by atoms with Crippen LogP contribution in [0.15, 0.2) is 0 Å². The quantitative estimate of drug-likeness (QED) is 0.445. The van der Waals surface area contributed by atoms with Crippen LogP contribution < -0.4 is 5.32 Å². The number of carbonyl (C=O) groups is 1. The van der Waals surface area contributed by atoms with Crippen LogP contribution in [0.5, 0.6) is 0 Å². The standard InChI is InChI=1S/C14H29NO3/c1-2-3-4-5-6-7-10-13(14(17)18)15-11-8-9-12-16/h13,15-16H,2-12H2,1H3,(H,17,18). The molecule has 0 aliphatic carbocycles. The summed E-state index contributed by atoms with van der Waals surface area (Å²) in [6.07, 6.45) is 9.37. The first kappa shape index (κ1) is 17.4. The van der Waals surface area contributed by atoms with Crippen molar-refractivity contribution in [1.82, 2.24) is 5.32 Å². The molecule has 0 bridgehead atoms. The van der Waals surface area contributed by atoms with Gasteiger partial charge in [0.15, 0.2) is 0 Å². The lowest BCUT2D eigenvalue weighted by molar-refractivity contribution is -0.139. The molecule has 0 radical (unpaired) electrons. The number of unbranched alkanes of at least 4 members (excludes halogenated alkanes) is 6. The zero-order chi connectivity index (χ0) is 13.6. The molecule has 0 aliphatic heterocycles. The summed E-state index contributed by atoms with van der Waals surface area (Å²) in [5, 5.41) is 20.7. The smallest absolute Gasteiger partial charge is 0.320 e. The summed E-state index contributed by atoms with van der Waals surface area (Å²) >= 11 is 0. The second kappa shape index (κ2) is 12.8. The fraction of sp³-hybridized carbons (Fsp3) is 0.929. The van der Waals surface area contributed by atoms with Gasteiger partial charge in [0.05, 0.1) is 0 Å². The predicted octanol–water partition coefficient (Wildman–Crippen LogP) is 2.55. The van der Waals surface area contributed by atoms with Crippen molar-refractivity contribution in [2.24, 2.45) is 0 Å². The molecule has 0 saturated heterocycles. The second-order valence-electron chi connectivity index (χ2n) is 4.83. The van der Waals surface area contributed by atoms with Gasteiger partial charge in [-0.1, -0.05) is 45.4 Å². The Balaban J connectivity index is 3.54. The van der Waals surface area contributed by atoms with Crippen LogP contribution in [0.2, 0.25) is 0 Å². The van der Waals surface area contributed by atoms with E-state index in [-0.39, 0.29) is 6.61 Å². The summed E-state index contributed by atoms with van der Waals surface area (Å²) in [4.78, 5) is 11.0. The van der Waals surface area contributed by atoms with E-state index in [9.17, 15) is 4.79 Å². The molecule has 1 unspecified atom stereocenters. The van der Waals surface area contributed by atoms with Crippen molar-refractivity contribution >= 4 is 5.97 Å². The Labute approximate surface area is 111 Å². The minimum atomic E-state index is -0.757. The molecule has 0 fully saturated rings. The van der Waals surface area contributed by atoms with Crippen molar-refractivity contribution in [2.45, 2.75) is 70.8 Å². The lowest BCUT2D eigenvalue weighted by atomic mass is 10.1. The first-order chi connectivity index (χ1) is 8.72. The van der Waals surface area contributed by atoms with Gasteiger partial charge in [-0.3, -0.25) is 4.79 Å². The number of nitrogens with one attached hydrogen (secondary N) is 1. The van der Waals surface area contributed by atoms with E-state index in [4.69, 9.17) is 10.2 Å². The fourth-order valence-corrected chi connectivity index (χ4v) is 1.95. The van der Waals surface area contributed by atoms with Crippen molar-refractivity contribution in [3.05, 3.63) is 0 Å². The van der Waals surface area contributed by atoms with Crippen LogP contribution >= 0.6 is 0 Å². The molecule has 3 N–H and O–H groups in total. The summed E-state index contributed by atoms with van der Waals surface area (Å²) in [7, 11) is 0. The topological polar surface area (TPSA) is 69.6 Å². The van der Waals surface area contributed by atoms with E-state index in [1.54, 1.807) is 0 Å². The molecule has 0 aromatic rings. The van der Waals surface area contributed by atoms with E-state index in [0.29, 0.717) is 13.0 Å². The molecule has 0 amide bonds. The third-order valence-corrected chi connectivity index (χ3v) is 3.12. The van der Waals surface area contributed by atoms with Crippen LogP contribution in [0.25, 0.3) is 0 Å². The van der Waals surface area contributed by atoms with E-state index < -0.39 is 12.0 Å². The molecule has 0 aliphatic rings. The minimum Gasteiger partial charge on any atom is -0.480 e. The molecule has 0 aromatic carbocycles. The average Bonchev–Trinajstić information content (AvgIpc) is 2.35. The highest BCUT2D eigenvalue weighted by Crippen LogP contribution is 2.09. The Kier molecular flexibility index (Phi) is 12.4. The normalized spacial score (nSPS) is 12.6. The SMILES string of the molecule is CCCCCCCCC(NCCCCO)C(=O)O. The van der Waals surface area contributed by atoms with E-state index >= 15 is 0 Å². The van der Waals surface area contributed by atoms with Crippen LogP contribution in [-0.4, -0.2) is 35.4 Å². The molecule has 0 saturated carbocycles. The van der Waals surface area contributed by atoms with Gasteiger partial charge in [0.1, 0.15) is 6.04 Å². The Hall–Kier alpha value is -0.610. The maximum absolute atomic E-state index is 11.0. The summed E-state index contributed by atoms with van der Waals surface area (Å²) in [6.45, 7) is 3.04. The number of rotatable bonds is 13. The predicted molar refractivity (Wildman–Crippen MR) is 73.7 cm³/mol. The first-order valence-corrected chi connectivity index (χ1v) is 7.29. The molecule has 0 spiro atoms. The molecule has 0 rings (SSSR count). The summed E-state index contributed by atoms with van der Waals surface area (Å²) in [5.74, 6) is -0.757. The number of carboxylic acid groups (broad SMARTS) is 1. The van der Waals surface area contributed by atoms with Crippen molar-refractivity contribution < 1.29 is 15.0 Å². The van der Waals surface area contributed by atoms with Crippen LogP contribution in [0.4, 0.5) is 0 Å². The van der Waals surface area contributed by atoms with Crippen molar-refractivity contribution in [3.63, 3.8) is 0 Å². The number of aliphatic hydroxyl groups is 1. The van der Waals surface area contributed by atoms with Crippen LogP contribution in [0.1, 0.15) is 64.7 Å². The zero-order valence-corrected chi connectivity index (χ0v) is 11.7. The number of aliphatic carboxylic acids is 1. The van der Waals surface area contributed by atoms with Gasteiger partial charge in [-0.25, -0.2) is 0 Å². The van der Waals surface area contributed by atoms with Crippen LogP contribution in [0.3, 0.4) is 0 Å². The van der Waals surface area contributed by atoms with E-state index in [1.807, 2.05) is 0 Å². The second-order valence-corrected chi connectivity index (χ2v) is 4.83. The zero-order valence-electron chi connectivity index (χ0n) is 11.7. The molecule has 0 aromatic heterocycles. The van der Waals surface area contributed by atoms with Gasteiger partial charge < -0.3 is 15.5 Å². The highest BCUT2D eigenvalue weighted by atomic mass is 16.4. The highest BCUT2D eigenvalue weighted by Gasteiger charge is 2.15. The average molecular weight is 259 g/mol. The van der Waals surface area contributed by atoms with Gasteiger partial charge in [0, 0.05) is 6.61 Å². The number of hydrogen-bond donors (Lipinski definition) is 3. The molecule has 1 atom stereocenters. The fourth-order valence-electron chi connectivity index (χ4n) is 1.95. The Morgan fingerprint density at radius 3 is 2.33 bits per heavy atom.